The van der Waals surface area contributed by atoms with Crippen LogP contribution in [0.15, 0.2) is 47.5 Å². The Hall–Kier alpha value is -2.36. The number of fused-ring (bicyclic) bond motifs is 1. The molecular formula is C13H11N3O. The number of anilines is 1. The molecule has 4 heteroatoms. The quantitative estimate of drug-likeness (QED) is 0.728. The Kier molecular flexibility index (Phi) is 2.26. The van der Waals surface area contributed by atoms with E-state index in [1.807, 2.05) is 31.4 Å². The molecule has 0 spiro atoms. The van der Waals surface area contributed by atoms with Crippen molar-refractivity contribution in [3.63, 3.8) is 0 Å². The monoisotopic (exact) mass is 225 g/mol. The second kappa shape index (κ2) is 3.90. The fourth-order valence-electron chi connectivity index (χ4n) is 1.79. The van der Waals surface area contributed by atoms with E-state index in [1.54, 1.807) is 6.20 Å². The first kappa shape index (κ1) is 9.84. The number of nitrogens with zero attached hydrogens (tertiary/aromatic N) is 2. The number of pyridine rings is 1. The summed E-state index contributed by atoms with van der Waals surface area (Å²) in [7, 11) is 1.86. The average Bonchev–Trinajstić information content (AvgIpc) is 2.91. The summed E-state index contributed by atoms with van der Waals surface area (Å²) in [5, 5.41) is 5.25. The average molecular weight is 225 g/mol. The Balaban J connectivity index is 2.17. The van der Waals surface area contributed by atoms with Crippen LogP contribution in [0.3, 0.4) is 0 Å². The molecule has 84 valence electrons. The first-order valence-corrected chi connectivity index (χ1v) is 5.33. The fourth-order valence-corrected chi connectivity index (χ4v) is 1.79. The van der Waals surface area contributed by atoms with E-state index in [-0.39, 0.29) is 0 Å². The highest BCUT2D eigenvalue weighted by atomic mass is 16.3. The molecule has 0 atom stereocenters. The van der Waals surface area contributed by atoms with Crippen LogP contribution in [0.5, 0.6) is 0 Å². The van der Waals surface area contributed by atoms with Crippen molar-refractivity contribution in [1.29, 1.82) is 0 Å². The van der Waals surface area contributed by atoms with Gasteiger partial charge in [0.25, 0.3) is 0 Å². The van der Waals surface area contributed by atoms with Crippen molar-refractivity contribution in [2.75, 3.05) is 12.4 Å². The van der Waals surface area contributed by atoms with E-state index >= 15 is 0 Å². The number of hydrogen-bond donors (Lipinski definition) is 1. The summed E-state index contributed by atoms with van der Waals surface area (Å²) in [6.07, 6.45) is 5.00. The van der Waals surface area contributed by atoms with Crippen LogP contribution in [0.1, 0.15) is 0 Å². The molecule has 0 amide bonds. The van der Waals surface area contributed by atoms with Gasteiger partial charge in [0.2, 0.25) is 0 Å². The van der Waals surface area contributed by atoms with Crippen LogP contribution in [0.4, 0.5) is 5.82 Å². The van der Waals surface area contributed by atoms with Crippen molar-refractivity contribution in [1.82, 2.24) is 9.97 Å². The zero-order chi connectivity index (χ0) is 11.7. The molecule has 0 fully saturated rings. The first-order valence-electron chi connectivity index (χ1n) is 5.33. The maximum absolute atomic E-state index is 5.28. The van der Waals surface area contributed by atoms with Gasteiger partial charge in [0.05, 0.1) is 6.20 Å². The van der Waals surface area contributed by atoms with Crippen molar-refractivity contribution in [3.8, 4) is 11.3 Å². The van der Waals surface area contributed by atoms with E-state index < -0.39 is 0 Å². The van der Waals surface area contributed by atoms with E-state index in [2.05, 4.69) is 21.4 Å². The van der Waals surface area contributed by atoms with Gasteiger partial charge >= 0.3 is 0 Å². The maximum atomic E-state index is 5.28. The zero-order valence-corrected chi connectivity index (χ0v) is 9.34. The molecule has 0 bridgehead atoms. The van der Waals surface area contributed by atoms with Crippen LogP contribution in [0, 0.1) is 0 Å². The van der Waals surface area contributed by atoms with Crippen molar-refractivity contribution >= 4 is 16.6 Å². The Morgan fingerprint density at radius 1 is 1.12 bits per heavy atom. The molecule has 1 N–H and O–H groups in total. The molecule has 0 radical (unpaired) electrons. The van der Waals surface area contributed by atoms with Crippen LogP contribution >= 0.6 is 0 Å². The number of rotatable bonds is 2. The third-order valence-corrected chi connectivity index (χ3v) is 2.69. The van der Waals surface area contributed by atoms with Crippen molar-refractivity contribution in [2.45, 2.75) is 0 Å². The van der Waals surface area contributed by atoms with Gasteiger partial charge in [-0.05, 0) is 17.5 Å². The van der Waals surface area contributed by atoms with E-state index in [0.29, 0.717) is 0 Å². The molecule has 4 nitrogen and oxygen atoms in total. The summed E-state index contributed by atoms with van der Waals surface area (Å²) < 4.78 is 5.28. The molecule has 1 aromatic carbocycles. The zero-order valence-electron chi connectivity index (χ0n) is 9.34. The van der Waals surface area contributed by atoms with Gasteiger partial charge in [-0.15, -0.1) is 0 Å². The lowest BCUT2D eigenvalue weighted by molar-refractivity contribution is 0.572. The number of benzene rings is 1. The van der Waals surface area contributed by atoms with E-state index in [4.69, 9.17) is 4.42 Å². The van der Waals surface area contributed by atoms with Gasteiger partial charge in [0.15, 0.2) is 12.2 Å². The molecule has 17 heavy (non-hydrogen) atoms. The molecule has 0 aliphatic carbocycles. The topological polar surface area (TPSA) is 51.0 Å². The third kappa shape index (κ3) is 1.73. The van der Waals surface area contributed by atoms with Gasteiger partial charge in [-0.3, -0.25) is 0 Å². The highest BCUT2D eigenvalue weighted by molar-refractivity contribution is 5.87. The molecule has 0 unspecified atom stereocenters. The van der Waals surface area contributed by atoms with E-state index in [1.165, 1.54) is 6.39 Å². The van der Waals surface area contributed by atoms with Crippen LogP contribution in [-0.2, 0) is 0 Å². The normalized spacial score (nSPS) is 10.6. The van der Waals surface area contributed by atoms with Gasteiger partial charge < -0.3 is 9.73 Å². The van der Waals surface area contributed by atoms with Crippen LogP contribution in [0.2, 0.25) is 0 Å². The lowest BCUT2D eigenvalue weighted by Crippen LogP contribution is -1.91. The highest BCUT2D eigenvalue weighted by Crippen LogP contribution is 2.24. The van der Waals surface area contributed by atoms with Gasteiger partial charge in [0.1, 0.15) is 5.82 Å². The Morgan fingerprint density at radius 3 is 2.82 bits per heavy atom. The maximum Gasteiger partial charge on any atom is 0.181 e. The minimum absolute atomic E-state index is 0.773. The van der Waals surface area contributed by atoms with Crippen molar-refractivity contribution in [3.05, 3.63) is 43.1 Å². The van der Waals surface area contributed by atoms with Crippen molar-refractivity contribution < 1.29 is 4.42 Å². The van der Waals surface area contributed by atoms with Crippen molar-refractivity contribution in [2.24, 2.45) is 0 Å². The number of nitrogens with one attached hydrogen (secondary N) is 1. The third-order valence-electron chi connectivity index (χ3n) is 2.69. The molecule has 0 saturated carbocycles. The molecule has 3 aromatic rings. The Morgan fingerprint density at radius 2 is 2.06 bits per heavy atom. The first-order chi connectivity index (χ1) is 8.36. The summed E-state index contributed by atoms with van der Waals surface area (Å²) in [5.74, 6) is 1.63. The van der Waals surface area contributed by atoms with Gasteiger partial charge in [-0.25, -0.2) is 9.97 Å². The predicted molar refractivity (Wildman–Crippen MR) is 66.8 cm³/mol. The molecule has 2 heterocycles. The number of hydrogen-bond acceptors (Lipinski definition) is 4. The molecule has 0 saturated heterocycles. The summed E-state index contributed by atoms with van der Waals surface area (Å²) in [4.78, 5) is 8.19. The van der Waals surface area contributed by atoms with E-state index in [0.717, 1.165) is 27.9 Å². The molecule has 0 aliphatic rings. The summed E-state index contributed by atoms with van der Waals surface area (Å²) in [5.41, 5.74) is 1.02. The number of aromatic nitrogens is 2. The van der Waals surface area contributed by atoms with Gasteiger partial charge in [0, 0.05) is 24.2 Å². The highest BCUT2D eigenvalue weighted by Gasteiger charge is 2.03. The van der Waals surface area contributed by atoms with Crippen LogP contribution in [0.25, 0.3) is 22.1 Å². The Labute approximate surface area is 98.3 Å². The smallest absolute Gasteiger partial charge is 0.181 e. The SMILES string of the molecule is CNc1cc2cc(-c3cnco3)ccc2cn1. The molecular weight excluding hydrogens is 214 g/mol. The molecule has 2 aromatic heterocycles. The summed E-state index contributed by atoms with van der Waals surface area (Å²) >= 11 is 0. The lowest BCUT2D eigenvalue weighted by Gasteiger charge is -2.03. The minimum Gasteiger partial charge on any atom is -0.444 e. The van der Waals surface area contributed by atoms with Crippen LogP contribution < -0.4 is 5.32 Å². The fraction of sp³-hybridized carbons (Fsp3) is 0.0769. The largest absolute Gasteiger partial charge is 0.444 e. The van der Waals surface area contributed by atoms with Crippen LogP contribution in [-0.4, -0.2) is 17.0 Å². The molecule has 3 rings (SSSR count). The second-order valence-electron chi connectivity index (χ2n) is 3.75. The van der Waals surface area contributed by atoms with Gasteiger partial charge in [-0.2, -0.15) is 0 Å². The number of oxazole rings is 1. The minimum atomic E-state index is 0.773. The van der Waals surface area contributed by atoms with Gasteiger partial charge in [-0.1, -0.05) is 12.1 Å². The second-order valence-corrected chi connectivity index (χ2v) is 3.75. The summed E-state index contributed by atoms with van der Waals surface area (Å²) in [6.45, 7) is 0. The standard InChI is InChI=1S/C13H11N3O/c1-14-13-5-11-4-9(12-7-15-8-17-12)2-3-10(11)6-16-13/h2-8H,1H3,(H,14,16). The lowest BCUT2D eigenvalue weighted by atomic mass is 10.1. The summed E-state index contributed by atoms with van der Waals surface area (Å²) in [6, 6.07) is 8.11. The molecule has 0 aliphatic heterocycles. The van der Waals surface area contributed by atoms with E-state index in [9.17, 15) is 0 Å². The Bertz CT molecular complexity index is 647. The predicted octanol–water partition coefficient (Wildman–Crippen LogP) is 2.93.